The molecule has 92 valence electrons. The maximum Gasteiger partial charge on any atom is 0.185 e. The first-order valence-electron chi connectivity index (χ1n) is 5.80. The molecule has 4 nitrogen and oxygen atoms in total. The Morgan fingerprint density at radius 3 is 3.11 bits per heavy atom. The van der Waals surface area contributed by atoms with Crippen LogP contribution in [0.4, 0.5) is 0 Å². The number of aromatic amines is 1. The van der Waals surface area contributed by atoms with Crippen LogP contribution in [0.3, 0.4) is 0 Å². The largest absolute Gasteiger partial charge is 0.484 e. The van der Waals surface area contributed by atoms with Crippen LogP contribution in [-0.4, -0.2) is 21.6 Å². The first-order valence-corrected chi connectivity index (χ1v) is 6.68. The van der Waals surface area contributed by atoms with Crippen LogP contribution in [0, 0.1) is 6.92 Å². The zero-order valence-corrected chi connectivity index (χ0v) is 11.0. The van der Waals surface area contributed by atoms with E-state index in [1.165, 1.54) is 5.56 Å². The Bertz CT molecular complexity index is 653. The van der Waals surface area contributed by atoms with Crippen LogP contribution in [0.5, 0.6) is 5.06 Å². The summed E-state index contributed by atoms with van der Waals surface area (Å²) < 4.78 is 5.65. The quantitative estimate of drug-likeness (QED) is 0.784. The van der Waals surface area contributed by atoms with E-state index in [9.17, 15) is 0 Å². The first-order chi connectivity index (χ1) is 8.79. The highest BCUT2D eigenvalue weighted by Gasteiger charge is 2.15. The molecular formula is C13H13N3OS. The van der Waals surface area contributed by atoms with E-state index in [4.69, 9.17) is 4.74 Å². The van der Waals surface area contributed by atoms with Gasteiger partial charge in [-0.3, -0.25) is 4.98 Å². The number of hydrogen-bond donors (Lipinski definition) is 1. The predicted molar refractivity (Wildman–Crippen MR) is 73.1 cm³/mol. The highest BCUT2D eigenvalue weighted by molar-refractivity contribution is 7.12. The van der Waals surface area contributed by atoms with E-state index in [1.54, 1.807) is 23.7 Å². The lowest BCUT2D eigenvalue weighted by Crippen LogP contribution is -1.92. The Hall–Kier alpha value is -1.88. The van der Waals surface area contributed by atoms with Gasteiger partial charge in [0.25, 0.3) is 0 Å². The number of pyridine rings is 1. The van der Waals surface area contributed by atoms with Gasteiger partial charge in [-0.1, -0.05) is 0 Å². The van der Waals surface area contributed by atoms with Crippen LogP contribution < -0.4 is 4.74 Å². The minimum atomic E-state index is 0.661. The van der Waals surface area contributed by atoms with Gasteiger partial charge in [0.05, 0.1) is 23.9 Å². The monoisotopic (exact) mass is 259 g/mol. The molecule has 3 aromatic rings. The molecule has 0 aliphatic heterocycles. The van der Waals surface area contributed by atoms with Gasteiger partial charge in [-0.2, -0.15) is 0 Å². The minimum absolute atomic E-state index is 0.661. The summed E-state index contributed by atoms with van der Waals surface area (Å²) in [5.41, 5.74) is 4.10. The second-order valence-corrected chi connectivity index (χ2v) is 4.83. The van der Waals surface area contributed by atoms with Crippen LogP contribution in [0.25, 0.3) is 22.4 Å². The molecule has 3 heterocycles. The molecule has 0 amide bonds. The number of rotatable bonds is 3. The van der Waals surface area contributed by atoms with Gasteiger partial charge in [-0.15, -0.1) is 11.3 Å². The number of ether oxygens (including phenoxy) is 1. The fourth-order valence-corrected chi connectivity index (χ4v) is 2.88. The Morgan fingerprint density at radius 2 is 2.33 bits per heavy atom. The minimum Gasteiger partial charge on any atom is -0.484 e. The Labute approximate surface area is 109 Å². The van der Waals surface area contributed by atoms with Crippen molar-refractivity contribution in [2.45, 2.75) is 13.8 Å². The zero-order valence-electron chi connectivity index (χ0n) is 10.2. The summed E-state index contributed by atoms with van der Waals surface area (Å²) in [6.45, 7) is 4.72. The van der Waals surface area contributed by atoms with Crippen molar-refractivity contribution < 1.29 is 4.74 Å². The van der Waals surface area contributed by atoms with Crippen molar-refractivity contribution in [1.82, 2.24) is 15.0 Å². The molecule has 0 aliphatic rings. The molecule has 1 N–H and O–H groups in total. The number of aromatic nitrogens is 3. The molecule has 0 radical (unpaired) electrons. The lowest BCUT2D eigenvalue weighted by molar-refractivity contribution is 0.351. The van der Waals surface area contributed by atoms with Gasteiger partial charge in [0.15, 0.2) is 5.06 Å². The van der Waals surface area contributed by atoms with Gasteiger partial charge >= 0.3 is 0 Å². The summed E-state index contributed by atoms with van der Waals surface area (Å²) in [5.74, 6) is 0.847. The summed E-state index contributed by atoms with van der Waals surface area (Å²) in [6.07, 6.45) is 3.52. The van der Waals surface area contributed by atoms with Crippen LogP contribution in [0.2, 0.25) is 0 Å². The lowest BCUT2D eigenvalue weighted by atomic mass is 10.2. The normalized spacial score (nSPS) is 11.0. The number of nitrogens with zero attached hydrogens (tertiary/aromatic N) is 2. The third-order valence-electron chi connectivity index (χ3n) is 2.74. The third kappa shape index (κ3) is 1.76. The van der Waals surface area contributed by atoms with Gasteiger partial charge in [-0.05, 0) is 30.9 Å². The topological polar surface area (TPSA) is 50.8 Å². The predicted octanol–water partition coefficient (Wildman–Crippen LogP) is 3.39. The Morgan fingerprint density at radius 1 is 1.44 bits per heavy atom. The second-order valence-electron chi connectivity index (χ2n) is 3.99. The molecule has 0 aliphatic carbocycles. The van der Waals surface area contributed by atoms with Gasteiger partial charge in [0.2, 0.25) is 0 Å². The van der Waals surface area contributed by atoms with Crippen molar-refractivity contribution in [3.05, 3.63) is 29.4 Å². The van der Waals surface area contributed by atoms with Crippen molar-refractivity contribution >= 4 is 22.4 Å². The van der Waals surface area contributed by atoms with Crippen molar-refractivity contribution in [2.24, 2.45) is 0 Å². The van der Waals surface area contributed by atoms with Crippen LogP contribution >= 0.6 is 11.3 Å². The molecule has 5 heteroatoms. The maximum absolute atomic E-state index is 5.65. The summed E-state index contributed by atoms with van der Waals surface area (Å²) in [7, 11) is 0. The van der Waals surface area contributed by atoms with Gasteiger partial charge in [0, 0.05) is 6.20 Å². The molecule has 0 saturated carbocycles. The third-order valence-corrected chi connectivity index (χ3v) is 3.75. The van der Waals surface area contributed by atoms with Gasteiger partial charge < -0.3 is 9.72 Å². The summed E-state index contributed by atoms with van der Waals surface area (Å²) in [5, 5.41) is 3.01. The van der Waals surface area contributed by atoms with Crippen LogP contribution in [0.1, 0.15) is 12.5 Å². The molecule has 0 spiro atoms. The SMILES string of the molecule is CCOc1scc(C)c1-c1nc2cnccc2[nH]1. The molecule has 3 rings (SSSR count). The average molecular weight is 259 g/mol. The Kier molecular flexibility index (Phi) is 2.76. The lowest BCUT2D eigenvalue weighted by Gasteiger charge is -2.02. The highest BCUT2D eigenvalue weighted by atomic mass is 32.1. The number of imidazole rings is 1. The summed E-state index contributed by atoms with van der Waals surface area (Å²) in [6, 6.07) is 1.92. The van der Waals surface area contributed by atoms with E-state index in [-0.39, 0.29) is 0 Å². The number of hydrogen-bond acceptors (Lipinski definition) is 4. The average Bonchev–Trinajstić information content (AvgIpc) is 2.93. The molecular weight excluding hydrogens is 246 g/mol. The molecule has 3 aromatic heterocycles. The highest BCUT2D eigenvalue weighted by Crippen LogP contribution is 2.38. The van der Waals surface area contributed by atoms with Crippen LogP contribution in [0.15, 0.2) is 23.8 Å². The fraction of sp³-hybridized carbons (Fsp3) is 0.231. The van der Waals surface area contributed by atoms with E-state index >= 15 is 0 Å². The van der Waals surface area contributed by atoms with Crippen LogP contribution in [-0.2, 0) is 0 Å². The van der Waals surface area contributed by atoms with E-state index in [0.29, 0.717) is 6.61 Å². The number of nitrogens with one attached hydrogen (secondary N) is 1. The van der Waals surface area contributed by atoms with E-state index in [2.05, 4.69) is 27.3 Å². The summed E-state index contributed by atoms with van der Waals surface area (Å²) in [4.78, 5) is 12.0. The Balaban J connectivity index is 2.16. The van der Waals surface area contributed by atoms with Crippen molar-refractivity contribution in [2.75, 3.05) is 6.61 Å². The molecule has 0 saturated heterocycles. The van der Waals surface area contributed by atoms with Gasteiger partial charge in [0.1, 0.15) is 11.3 Å². The molecule has 0 atom stereocenters. The molecule has 18 heavy (non-hydrogen) atoms. The van der Waals surface area contributed by atoms with E-state index < -0.39 is 0 Å². The van der Waals surface area contributed by atoms with E-state index in [0.717, 1.165) is 27.5 Å². The van der Waals surface area contributed by atoms with Crippen molar-refractivity contribution in [1.29, 1.82) is 0 Å². The standard InChI is InChI=1S/C13H13N3OS/c1-3-17-13-11(8(2)7-18-13)12-15-9-4-5-14-6-10(9)16-12/h4-7H,3H2,1-2H3,(H,15,16). The van der Waals surface area contributed by atoms with Crippen molar-refractivity contribution in [3.63, 3.8) is 0 Å². The number of thiophene rings is 1. The second kappa shape index (κ2) is 4.42. The zero-order chi connectivity index (χ0) is 12.5. The number of fused-ring (bicyclic) bond motifs is 1. The van der Waals surface area contributed by atoms with Crippen molar-refractivity contribution in [3.8, 4) is 16.5 Å². The number of aryl methyl sites for hydroxylation is 1. The maximum atomic E-state index is 5.65. The first kappa shape index (κ1) is 11.2. The molecule has 0 unspecified atom stereocenters. The van der Waals surface area contributed by atoms with Gasteiger partial charge in [-0.25, -0.2) is 4.98 Å². The fourth-order valence-electron chi connectivity index (χ4n) is 1.92. The molecule has 0 fully saturated rings. The smallest absolute Gasteiger partial charge is 0.185 e. The molecule has 0 bridgehead atoms. The molecule has 0 aromatic carbocycles. The van der Waals surface area contributed by atoms with E-state index in [1.807, 2.05) is 13.0 Å². The number of H-pyrrole nitrogens is 1. The summed E-state index contributed by atoms with van der Waals surface area (Å²) >= 11 is 1.61.